The van der Waals surface area contributed by atoms with Crippen molar-refractivity contribution in [1.82, 2.24) is 4.90 Å². The molecule has 1 atom stereocenters. The van der Waals surface area contributed by atoms with Gasteiger partial charge in [-0.25, -0.2) is 8.42 Å². The van der Waals surface area contributed by atoms with Crippen molar-refractivity contribution in [3.63, 3.8) is 0 Å². The number of halogens is 1. The van der Waals surface area contributed by atoms with E-state index in [1.807, 2.05) is 32.0 Å². The maximum absolute atomic E-state index is 13.3. The predicted octanol–water partition coefficient (Wildman–Crippen LogP) is 3.76. The maximum Gasteiger partial charge on any atom is 0.317 e. The van der Waals surface area contributed by atoms with Gasteiger partial charge in [-0.05, 0) is 42.9 Å². The molecular weight excluding hydrogens is 438 g/mol. The van der Waals surface area contributed by atoms with Gasteiger partial charge in [0.2, 0.25) is 0 Å². The zero-order valence-electron chi connectivity index (χ0n) is 18.3. The van der Waals surface area contributed by atoms with E-state index < -0.39 is 21.2 Å². The molecule has 31 heavy (non-hydrogen) atoms. The highest BCUT2D eigenvalue weighted by atomic mass is 35.5. The Labute approximate surface area is 190 Å². The fraction of sp³-hybridized carbons (Fsp3) is 0.652. The quantitative estimate of drug-likeness (QED) is 0.568. The highest BCUT2D eigenvalue weighted by Crippen LogP contribution is 2.41. The van der Waals surface area contributed by atoms with Crippen LogP contribution in [0.5, 0.6) is 0 Å². The normalized spacial score (nSPS) is 22.3. The molecule has 0 N–H and O–H groups in total. The highest BCUT2D eigenvalue weighted by molar-refractivity contribution is 7.91. The average Bonchev–Trinajstić information content (AvgIpc) is 3.09. The zero-order chi connectivity index (χ0) is 22.6. The number of nitrogens with zero attached hydrogens (tertiary/aromatic N) is 1. The first-order chi connectivity index (χ1) is 14.6. The van der Waals surface area contributed by atoms with E-state index in [4.69, 9.17) is 16.3 Å². The van der Waals surface area contributed by atoms with Gasteiger partial charge in [0.05, 0.1) is 16.9 Å². The van der Waals surface area contributed by atoms with E-state index in [0.717, 1.165) is 24.8 Å². The number of carbonyl (C=O) groups is 2. The molecule has 0 spiro atoms. The van der Waals surface area contributed by atoms with Crippen LogP contribution in [0.1, 0.15) is 57.9 Å². The summed E-state index contributed by atoms with van der Waals surface area (Å²) in [6, 6.07) is 6.96. The molecular formula is C23H32ClNO5S. The van der Waals surface area contributed by atoms with Gasteiger partial charge >= 0.3 is 5.97 Å². The van der Waals surface area contributed by atoms with E-state index in [-0.39, 0.29) is 36.0 Å². The summed E-state index contributed by atoms with van der Waals surface area (Å²) in [6.45, 7) is 4.03. The number of hydrogen-bond acceptors (Lipinski definition) is 5. The Morgan fingerprint density at radius 3 is 2.52 bits per heavy atom. The third-order valence-corrected chi connectivity index (χ3v) is 8.32. The summed E-state index contributed by atoms with van der Waals surface area (Å²) < 4.78 is 29.4. The second-order valence-electron chi connectivity index (χ2n) is 9.23. The molecule has 1 saturated carbocycles. The van der Waals surface area contributed by atoms with Gasteiger partial charge in [0.1, 0.15) is 0 Å². The van der Waals surface area contributed by atoms with Gasteiger partial charge < -0.3 is 9.64 Å². The maximum atomic E-state index is 13.3. The fourth-order valence-electron chi connectivity index (χ4n) is 4.77. The van der Waals surface area contributed by atoms with E-state index in [1.165, 1.54) is 0 Å². The molecule has 0 radical (unpaired) electrons. The highest BCUT2D eigenvalue weighted by Gasteiger charge is 2.43. The van der Waals surface area contributed by atoms with Crippen LogP contribution in [0, 0.1) is 5.92 Å². The topological polar surface area (TPSA) is 80.8 Å². The molecule has 1 aliphatic heterocycles. The Kier molecular flexibility index (Phi) is 7.68. The number of ether oxygens (including phenoxy) is 1. The van der Waals surface area contributed by atoms with Crippen molar-refractivity contribution in [2.75, 3.05) is 24.7 Å². The van der Waals surface area contributed by atoms with Crippen molar-refractivity contribution in [3.05, 3.63) is 34.9 Å². The summed E-state index contributed by atoms with van der Waals surface area (Å²) in [6.07, 6.45) is 4.64. The zero-order valence-corrected chi connectivity index (χ0v) is 19.9. The molecule has 1 aliphatic carbocycles. The van der Waals surface area contributed by atoms with Gasteiger partial charge in [-0.2, -0.15) is 0 Å². The average molecular weight is 470 g/mol. The van der Waals surface area contributed by atoms with Gasteiger partial charge in [0, 0.05) is 17.6 Å². The van der Waals surface area contributed by atoms with Gasteiger partial charge in [-0.15, -0.1) is 0 Å². The SMILES string of the molecule is CC(C)CN(C(=O)COC(=O)C1(c2cccc(Cl)c2)CCCCC1)C1CCS(=O)(=O)C1. The molecule has 1 aromatic rings. The fourth-order valence-corrected chi connectivity index (χ4v) is 6.69. The second-order valence-corrected chi connectivity index (χ2v) is 11.9. The molecule has 1 saturated heterocycles. The molecule has 2 aliphatic rings. The minimum absolute atomic E-state index is 0.0220. The molecule has 3 rings (SSSR count). The van der Waals surface area contributed by atoms with E-state index in [2.05, 4.69) is 0 Å². The van der Waals surface area contributed by atoms with Crippen LogP contribution in [0.3, 0.4) is 0 Å². The molecule has 1 unspecified atom stereocenters. The Morgan fingerprint density at radius 1 is 1.23 bits per heavy atom. The molecule has 8 heteroatoms. The van der Waals surface area contributed by atoms with Crippen LogP contribution in [0.25, 0.3) is 0 Å². The summed E-state index contributed by atoms with van der Waals surface area (Å²) in [5.41, 5.74) is 0.0429. The lowest BCUT2D eigenvalue weighted by atomic mass is 9.69. The monoisotopic (exact) mass is 469 g/mol. The predicted molar refractivity (Wildman–Crippen MR) is 121 cm³/mol. The van der Waals surface area contributed by atoms with Crippen molar-refractivity contribution in [3.8, 4) is 0 Å². The minimum atomic E-state index is -3.12. The number of amides is 1. The third kappa shape index (κ3) is 5.80. The van der Waals surface area contributed by atoms with Crippen LogP contribution in [-0.4, -0.2) is 55.9 Å². The van der Waals surface area contributed by atoms with Gasteiger partial charge in [-0.1, -0.05) is 56.8 Å². The van der Waals surface area contributed by atoms with Crippen molar-refractivity contribution < 1.29 is 22.7 Å². The lowest BCUT2D eigenvalue weighted by Gasteiger charge is -2.36. The molecule has 0 aromatic heterocycles. The summed E-state index contributed by atoms with van der Waals surface area (Å²) >= 11 is 6.18. The molecule has 6 nitrogen and oxygen atoms in total. The summed E-state index contributed by atoms with van der Waals surface area (Å²) in [7, 11) is -3.12. The van der Waals surface area contributed by atoms with Crippen LogP contribution in [0.15, 0.2) is 24.3 Å². The minimum Gasteiger partial charge on any atom is -0.455 e. The van der Waals surface area contributed by atoms with Crippen LogP contribution in [-0.2, 0) is 29.6 Å². The standard InChI is InChI=1S/C23H32ClNO5S/c1-17(2)14-25(20-9-12-31(28,29)16-20)21(26)15-30-22(27)23(10-4-3-5-11-23)18-7-6-8-19(24)13-18/h6-8,13,17,20H,3-5,9-12,14-16H2,1-2H3. The lowest BCUT2D eigenvalue weighted by molar-refractivity contribution is -0.159. The van der Waals surface area contributed by atoms with Crippen molar-refractivity contribution in [2.24, 2.45) is 5.92 Å². The molecule has 172 valence electrons. The van der Waals surface area contributed by atoms with Crippen molar-refractivity contribution in [1.29, 1.82) is 0 Å². The molecule has 1 heterocycles. The molecule has 1 amide bonds. The third-order valence-electron chi connectivity index (χ3n) is 6.33. The Hall–Kier alpha value is -1.60. The number of esters is 1. The molecule has 2 fully saturated rings. The Morgan fingerprint density at radius 2 is 1.94 bits per heavy atom. The first-order valence-electron chi connectivity index (χ1n) is 11.1. The molecule has 0 bridgehead atoms. The van der Waals surface area contributed by atoms with E-state index in [0.29, 0.717) is 30.8 Å². The summed E-state index contributed by atoms with van der Waals surface area (Å²) in [4.78, 5) is 27.9. The first-order valence-corrected chi connectivity index (χ1v) is 13.3. The lowest BCUT2D eigenvalue weighted by Crippen LogP contribution is -2.46. The van der Waals surface area contributed by atoms with E-state index in [9.17, 15) is 18.0 Å². The van der Waals surface area contributed by atoms with Gasteiger partial charge in [-0.3, -0.25) is 9.59 Å². The van der Waals surface area contributed by atoms with Crippen LogP contribution in [0.2, 0.25) is 5.02 Å². The Balaban J connectivity index is 1.73. The van der Waals surface area contributed by atoms with Crippen molar-refractivity contribution in [2.45, 2.75) is 63.8 Å². The first kappa shape index (κ1) is 24.1. The van der Waals surface area contributed by atoms with Crippen molar-refractivity contribution >= 4 is 33.3 Å². The van der Waals surface area contributed by atoms with Gasteiger partial charge in [0.15, 0.2) is 16.4 Å². The number of sulfone groups is 1. The number of hydrogen-bond donors (Lipinski definition) is 0. The number of carbonyl (C=O) groups excluding carboxylic acids is 2. The van der Waals surface area contributed by atoms with Crippen LogP contribution < -0.4 is 0 Å². The largest absolute Gasteiger partial charge is 0.455 e. The van der Waals surface area contributed by atoms with Gasteiger partial charge in [0.25, 0.3) is 5.91 Å². The van der Waals surface area contributed by atoms with E-state index in [1.54, 1.807) is 11.0 Å². The summed E-state index contributed by atoms with van der Waals surface area (Å²) in [5.74, 6) is -0.477. The Bertz CT molecular complexity index is 908. The smallest absolute Gasteiger partial charge is 0.317 e. The second kappa shape index (κ2) is 9.90. The number of benzene rings is 1. The van der Waals surface area contributed by atoms with Crippen LogP contribution >= 0.6 is 11.6 Å². The van der Waals surface area contributed by atoms with E-state index >= 15 is 0 Å². The summed E-state index contributed by atoms with van der Waals surface area (Å²) in [5, 5.41) is 0.567. The molecule has 1 aromatic carbocycles. The number of rotatable bonds is 7. The van der Waals surface area contributed by atoms with Crippen LogP contribution in [0.4, 0.5) is 0 Å².